The number of carboxylic acids is 1. The molecule has 94 valence electrons. The summed E-state index contributed by atoms with van der Waals surface area (Å²) in [7, 11) is 0. The highest BCUT2D eigenvalue weighted by molar-refractivity contribution is 5.80. The zero-order chi connectivity index (χ0) is 12.3. The van der Waals surface area contributed by atoms with Gasteiger partial charge in [-0.2, -0.15) is 0 Å². The van der Waals surface area contributed by atoms with E-state index in [1.54, 1.807) is 0 Å². The molecule has 0 heterocycles. The Hall–Kier alpha value is -0.530. The van der Waals surface area contributed by atoms with Crippen LogP contribution in [-0.4, -0.2) is 11.1 Å². The molecule has 0 saturated heterocycles. The summed E-state index contributed by atoms with van der Waals surface area (Å²) in [6.45, 7) is 6.97. The molecule has 0 radical (unpaired) electrons. The van der Waals surface area contributed by atoms with Gasteiger partial charge in [0, 0.05) is 0 Å². The Balaban J connectivity index is 1.85. The number of hydrogen-bond donors (Lipinski definition) is 1. The second kappa shape index (κ2) is 2.31. The van der Waals surface area contributed by atoms with Crippen molar-refractivity contribution in [3.63, 3.8) is 0 Å². The lowest BCUT2D eigenvalue weighted by Gasteiger charge is -2.71. The molecule has 5 atom stereocenters. The van der Waals surface area contributed by atoms with Crippen molar-refractivity contribution < 1.29 is 9.90 Å². The molecular weight excluding hydrogens is 212 g/mol. The Morgan fingerprint density at radius 2 is 1.82 bits per heavy atom. The van der Waals surface area contributed by atoms with Crippen LogP contribution in [0.15, 0.2) is 0 Å². The van der Waals surface area contributed by atoms with E-state index >= 15 is 0 Å². The van der Waals surface area contributed by atoms with Gasteiger partial charge in [0.25, 0.3) is 0 Å². The summed E-state index contributed by atoms with van der Waals surface area (Å²) in [5.74, 6) is 1.02. The van der Waals surface area contributed by atoms with Crippen LogP contribution in [0.2, 0.25) is 0 Å². The van der Waals surface area contributed by atoms with Gasteiger partial charge in [0.05, 0.1) is 5.41 Å². The van der Waals surface area contributed by atoms with Crippen molar-refractivity contribution in [2.24, 2.45) is 33.5 Å². The van der Waals surface area contributed by atoms with Gasteiger partial charge in [-0.1, -0.05) is 20.8 Å². The van der Waals surface area contributed by atoms with E-state index in [0.29, 0.717) is 5.41 Å². The van der Waals surface area contributed by atoms with E-state index in [-0.39, 0.29) is 16.2 Å². The van der Waals surface area contributed by atoms with Crippen LogP contribution in [0, 0.1) is 33.5 Å². The summed E-state index contributed by atoms with van der Waals surface area (Å²) < 4.78 is 0. The molecule has 4 saturated carbocycles. The third-order valence-electron chi connectivity index (χ3n) is 7.42. The van der Waals surface area contributed by atoms with Crippen LogP contribution in [0.1, 0.15) is 52.9 Å². The molecule has 4 aliphatic rings. The van der Waals surface area contributed by atoms with E-state index in [1.807, 2.05) is 0 Å². The summed E-state index contributed by atoms with van der Waals surface area (Å²) in [6.07, 6.45) is 5.79. The molecule has 0 aromatic carbocycles. The Morgan fingerprint density at radius 1 is 1.18 bits per heavy atom. The van der Waals surface area contributed by atoms with Crippen molar-refractivity contribution in [1.82, 2.24) is 0 Å². The molecule has 4 aliphatic carbocycles. The minimum atomic E-state index is -0.482. The summed E-state index contributed by atoms with van der Waals surface area (Å²) in [5, 5.41) is 9.73. The average molecular weight is 234 g/mol. The summed E-state index contributed by atoms with van der Waals surface area (Å²) in [6, 6.07) is 0. The van der Waals surface area contributed by atoms with E-state index in [9.17, 15) is 9.90 Å². The van der Waals surface area contributed by atoms with E-state index in [4.69, 9.17) is 0 Å². The fourth-order valence-electron chi connectivity index (χ4n) is 6.44. The Morgan fingerprint density at radius 3 is 2.29 bits per heavy atom. The van der Waals surface area contributed by atoms with Crippen molar-refractivity contribution >= 4 is 5.97 Å². The molecule has 5 unspecified atom stereocenters. The first-order valence-corrected chi connectivity index (χ1v) is 7.01. The first-order chi connectivity index (χ1) is 7.78. The maximum Gasteiger partial charge on any atom is 0.310 e. The summed E-state index contributed by atoms with van der Waals surface area (Å²) in [4.78, 5) is 11.8. The first-order valence-electron chi connectivity index (χ1n) is 7.01. The lowest BCUT2D eigenvalue weighted by molar-refractivity contribution is -0.251. The van der Waals surface area contributed by atoms with Gasteiger partial charge < -0.3 is 5.11 Å². The smallest absolute Gasteiger partial charge is 0.310 e. The lowest BCUT2D eigenvalue weighted by Crippen LogP contribution is -2.69. The van der Waals surface area contributed by atoms with Gasteiger partial charge in [-0.3, -0.25) is 4.79 Å². The minimum Gasteiger partial charge on any atom is -0.481 e. The Kier molecular flexibility index (Phi) is 1.41. The average Bonchev–Trinajstić information content (AvgIpc) is 2.59. The molecule has 0 amide bonds. The molecule has 4 fully saturated rings. The van der Waals surface area contributed by atoms with Gasteiger partial charge >= 0.3 is 5.97 Å². The number of fused-ring (bicyclic) bond motifs is 1. The number of carboxylic acid groups (broad SMARTS) is 1. The zero-order valence-corrected chi connectivity index (χ0v) is 11.0. The lowest BCUT2D eigenvalue weighted by atomic mass is 9.31. The van der Waals surface area contributed by atoms with Crippen molar-refractivity contribution in [1.29, 1.82) is 0 Å². The van der Waals surface area contributed by atoms with Crippen LogP contribution < -0.4 is 0 Å². The highest BCUT2D eigenvalue weighted by Crippen LogP contribution is 2.91. The highest BCUT2D eigenvalue weighted by Gasteiger charge is 2.87. The van der Waals surface area contributed by atoms with Gasteiger partial charge in [0.2, 0.25) is 0 Å². The van der Waals surface area contributed by atoms with E-state index < -0.39 is 5.97 Å². The topological polar surface area (TPSA) is 37.3 Å². The predicted octanol–water partition coefficient (Wildman–Crippen LogP) is 3.31. The molecule has 2 heteroatoms. The first kappa shape index (κ1) is 10.4. The fraction of sp³-hybridized carbons (Fsp3) is 0.933. The van der Waals surface area contributed by atoms with Crippen LogP contribution in [-0.2, 0) is 4.79 Å². The van der Waals surface area contributed by atoms with E-state index in [2.05, 4.69) is 20.8 Å². The molecular formula is C15H22O2. The third-order valence-corrected chi connectivity index (χ3v) is 7.42. The standard InChI is InChI=1S/C15H22O2/c1-12(2,3)13-5-9-4-10-6-14(7-13,11(16)17)15(9,10)8-13/h9-10H,4-8H2,1-3H3,(H,16,17). The molecule has 17 heavy (non-hydrogen) atoms. The van der Waals surface area contributed by atoms with Crippen LogP contribution >= 0.6 is 0 Å². The number of carbonyl (C=O) groups is 1. The normalized spacial score (nSPS) is 58.3. The van der Waals surface area contributed by atoms with Crippen molar-refractivity contribution in [2.45, 2.75) is 52.9 Å². The predicted molar refractivity (Wildman–Crippen MR) is 64.5 cm³/mol. The van der Waals surface area contributed by atoms with Crippen molar-refractivity contribution in [3.05, 3.63) is 0 Å². The van der Waals surface area contributed by atoms with Crippen LogP contribution in [0.4, 0.5) is 0 Å². The number of aliphatic carboxylic acids is 1. The van der Waals surface area contributed by atoms with Gasteiger partial charge in [-0.05, 0) is 60.2 Å². The minimum absolute atomic E-state index is 0.242. The fourth-order valence-corrected chi connectivity index (χ4v) is 6.44. The Bertz CT molecular complexity index is 435. The largest absolute Gasteiger partial charge is 0.481 e. The molecule has 0 aromatic rings. The number of rotatable bonds is 1. The van der Waals surface area contributed by atoms with Crippen molar-refractivity contribution in [2.75, 3.05) is 0 Å². The molecule has 1 N–H and O–H groups in total. The molecule has 1 spiro atoms. The van der Waals surface area contributed by atoms with Gasteiger partial charge in [-0.15, -0.1) is 0 Å². The van der Waals surface area contributed by atoms with Gasteiger partial charge in [0.1, 0.15) is 0 Å². The summed E-state index contributed by atoms with van der Waals surface area (Å²) in [5.41, 5.74) is 0.517. The monoisotopic (exact) mass is 234 g/mol. The second-order valence-corrected chi connectivity index (χ2v) is 8.35. The highest BCUT2D eigenvalue weighted by atomic mass is 16.4. The quantitative estimate of drug-likeness (QED) is 0.755. The number of hydrogen-bond acceptors (Lipinski definition) is 1. The maximum atomic E-state index is 11.8. The van der Waals surface area contributed by atoms with Crippen LogP contribution in [0.3, 0.4) is 0 Å². The van der Waals surface area contributed by atoms with E-state index in [0.717, 1.165) is 24.7 Å². The Labute approximate surface area is 103 Å². The maximum absolute atomic E-state index is 11.8. The zero-order valence-electron chi connectivity index (χ0n) is 11.0. The molecule has 0 aromatic heterocycles. The third kappa shape index (κ3) is 0.743. The SMILES string of the molecule is CC(C)(C)C12CC3CC4CC(C(=O)O)(C1)C34C2. The summed E-state index contributed by atoms with van der Waals surface area (Å²) >= 11 is 0. The van der Waals surface area contributed by atoms with E-state index in [1.165, 1.54) is 19.3 Å². The van der Waals surface area contributed by atoms with Crippen molar-refractivity contribution in [3.8, 4) is 0 Å². The van der Waals surface area contributed by atoms with Crippen LogP contribution in [0.5, 0.6) is 0 Å². The van der Waals surface area contributed by atoms with Gasteiger partial charge in [0.15, 0.2) is 0 Å². The van der Waals surface area contributed by atoms with Crippen LogP contribution in [0.25, 0.3) is 0 Å². The van der Waals surface area contributed by atoms with Gasteiger partial charge in [-0.25, -0.2) is 0 Å². The second-order valence-electron chi connectivity index (χ2n) is 8.35. The molecule has 2 bridgehead atoms. The molecule has 0 aliphatic heterocycles. The molecule has 2 nitrogen and oxygen atoms in total. The molecule has 4 rings (SSSR count).